The molecule has 1 N–H and O–H groups in total. The summed E-state index contributed by atoms with van der Waals surface area (Å²) in [7, 11) is 0.992. The maximum Gasteiger partial charge on any atom is 0.493 e. The predicted octanol–water partition coefficient (Wildman–Crippen LogP) is 6.75. The molecular formula is C31H33BCl2N2O4. The fourth-order valence-electron chi connectivity index (χ4n) is 5.67. The van der Waals surface area contributed by atoms with Crippen molar-refractivity contribution in [3.8, 4) is 11.3 Å². The highest BCUT2D eigenvalue weighted by Gasteiger charge is 2.32. The lowest BCUT2D eigenvalue weighted by Crippen LogP contribution is -2.34. The highest BCUT2D eigenvalue weighted by atomic mass is 35.5. The molecule has 1 aliphatic heterocycles. The van der Waals surface area contributed by atoms with Gasteiger partial charge >= 0.3 is 7.12 Å². The number of likely N-dealkylation sites (N-methyl/N-ethyl adjacent to an activating group) is 1. The second-order valence-electron chi connectivity index (χ2n) is 11.1. The van der Waals surface area contributed by atoms with E-state index in [0.29, 0.717) is 37.9 Å². The van der Waals surface area contributed by atoms with Crippen LogP contribution in [0.5, 0.6) is 0 Å². The first-order valence-electron chi connectivity index (χ1n) is 13.5. The fourth-order valence-corrected chi connectivity index (χ4v) is 6.15. The van der Waals surface area contributed by atoms with E-state index in [9.17, 15) is 9.82 Å². The number of anilines is 1. The second-order valence-corrected chi connectivity index (χ2v) is 11.9. The van der Waals surface area contributed by atoms with E-state index in [0.717, 1.165) is 33.7 Å². The molecule has 0 fully saturated rings. The van der Waals surface area contributed by atoms with E-state index < -0.39 is 7.12 Å². The summed E-state index contributed by atoms with van der Waals surface area (Å²) in [5.74, 6) is 0.812. The van der Waals surface area contributed by atoms with Gasteiger partial charge in [0.25, 0.3) is 0 Å². The van der Waals surface area contributed by atoms with Gasteiger partial charge in [-0.25, -0.2) is 4.98 Å². The Bertz CT molecular complexity index is 1690. The van der Waals surface area contributed by atoms with Crippen LogP contribution in [0.3, 0.4) is 0 Å². The minimum atomic E-state index is -1.03. The predicted molar refractivity (Wildman–Crippen MR) is 164 cm³/mol. The van der Waals surface area contributed by atoms with Crippen molar-refractivity contribution in [1.82, 2.24) is 4.98 Å². The van der Waals surface area contributed by atoms with Crippen LogP contribution >= 0.6 is 23.2 Å². The van der Waals surface area contributed by atoms with Gasteiger partial charge in [-0.05, 0) is 62.2 Å². The molecule has 0 radical (unpaired) electrons. The van der Waals surface area contributed by atoms with Gasteiger partial charge in [0.2, 0.25) is 0 Å². The van der Waals surface area contributed by atoms with Gasteiger partial charge < -0.3 is 19.0 Å². The van der Waals surface area contributed by atoms with Crippen molar-refractivity contribution in [2.45, 2.75) is 66.0 Å². The third kappa shape index (κ3) is 4.94. The van der Waals surface area contributed by atoms with Gasteiger partial charge in [-0.3, -0.25) is 4.79 Å². The molecule has 0 amide bonds. The summed E-state index contributed by atoms with van der Waals surface area (Å²) in [5.41, 5.74) is 7.09. The standard InChI is InChI=1S/C31H33BCl2N2O4/c1-15(2)30-18(5)29(37)23-11-16(3)10-22(31(23)40-30)17(4)19(6)36(7)25-8-9-26(34)35-28(25)20-12-21-14-39-32(38)27(21)24(33)13-20/h8-13,15,17,19,38H,14H2,1-7H3/t17-,19+/m0/s1. The number of hydrogen-bond donors (Lipinski definition) is 1. The van der Waals surface area contributed by atoms with Crippen LogP contribution in [0, 0.1) is 13.8 Å². The molecule has 0 saturated heterocycles. The molecule has 2 atom stereocenters. The number of benzene rings is 2. The topological polar surface area (TPSA) is 75.8 Å². The number of halogens is 2. The van der Waals surface area contributed by atoms with E-state index in [1.54, 1.807) is 12.1 Å². The SMILES string of the molecule is Cc1cc([C@@H](C)[C@@H](C)N(C)c2ccc(Cl)nc2-c2cc(Cl)c3c(c2)COB3O)c2oc(C(C)C)c(C)c(=O)c2c1. The monoisotopic (exact) mass is 578 g/mol. The van der Waals surface area contributed by atoms with E-state index >= 15 is 0 Å². The molecule has 9 heteroatoms. The first-order valence-corrected chi connectivity index (χ1v) is 14.2. The van der Waals surface area contributed by atoms with Crippen molar-refractivity contribution in [2.75, 3.05) is 11.9 Å². The van der Waals surface area contributed by atoms with E-state index in [2.05, 4.69) is 29.8 Å². The van der Waals surface area contributed by atoms with Crippen molar-refractivity contribution >= 4 is 52.4 Å². The number of nitrogens with zero attached hydrogens (tertiary/aromatic N) is 2. The summed E-state index contributed by atoms with van der Waals surface area (Å²) < 4.78 is 11.8. The minimum absolute atomic E-state index is 0.00560. The van der Waals surface area contributed by atoms with Crippen molar-refractivity contribution in [2.24, 2.45) is 0 Å². The van der Waals surface area contributed by atoms with Crippen LogP contribution in [-0.4, -0.2) is 30.2 Å². The number of aromatic nitrogens is 1. The summed E-state index contributed by atoms with van der Waals surface area (Å²) in [6.07, 6.45) is 0. The molecule has 1 aliphatic rings. The van der Waals surface area contributed by atoms with Crippen molar-refractivity contribution < 1.29 is 14.1 Å². The average molecular weight is 579 g/mol. The highest BCUT2D eigenvalue weighted by molar-refractivity contribution is 6.65. The maximum atomic E-state index is 13.3. The van der Waals surface area contributed by atoms with Crippen LogP contribution in [0.1, 0.15) is 67.5 Å². The Kier molecular flexibility index (Phi) is 7.79. The first-order chi connectivity index (χ1) is 18.9. The van der Waals surface area contributed by atoms with Crippen molar-refractivity contribution in [3.63, 3.8) is 0 Å². The Morgan fingerprint density at radius 2 is 1.80 bits per heavy atom. The highest BCUT2D eigenvalue weighted by Crippen LogP contribution is 2.38. The van der Waals surface area contributed by atoms with E-state index in [-0.39, 0.29) is 29.9 Å². The van der Waals surface area contributed by atoms with Crippen LogP contribution in [0.4, 0.5) is 5.69 Å². The zero-order chi connectivity index (χ0) is 29.0. The third-order valence-corrected chi connectivity index (χ3v) is 8.65. The average Bonchev–Trinajstić information content (AvgIpc) is 3.30. The smallest absolute Gasteiger partial charge is 0.460 e. The zero-order valence-corrected chi connectivity index (χ0v) is 25.3. The molecule has 3 heterocycles. The number of aryl methyl sites for hydroxylation is 1. The molecule has 2 aromatic heterocycles. The summed E-state index contributed by atoms with van der Waals surface area (Å²) >= 11 is 12.9. The van der Waals surface area contributed by atoms with Crippen LogP contribution < -0.4 is 15.8 Å². The third-order valence-electron chi connectivity index (χ3n) is 8.13. The van der Waals surface area contributed by atoms with E-state index in [1.165, 1.54) is 0 Å². The van der Waals surface area contributed by atoms with Gasteiger partial charge in [-0.1, -0.05) is 50.0 Å². The molecule has 208 valence electrons. The second kappa shape index (κ2) is 10.9. The van der Waals surface area contributed by atoms with E-state index in [4.69, 9.17) is 32.3 Å². The minimum Gasteiger partial charge on any atom is -0.460 e. The molecule has 4 aromatic rings. The molecule has 0 aliphatic carbocycles. The maximum absolute atomic E-state index is 13.3. The molecule has 0 saturated carbocycles. The van der Waals surface area contributed by atoms with Crippen LogP contribution in [0.2, 0.25) is 10.2 Å². The Morgan fingerprint density at radius 1 is 1.07 bits per heavy atom. The molecule has 2 aromatic carbocycles. The van der Waals surface area contributed by atoms with Crippen molar-refractivity contribution in [1.29, 1.82) is 0 Å². The van der Waals surface area contributed by atoms with E-state index in [1.807, 2.05) is 52.9 Å². The summed E-state index contributed by atoms with van der Waals surface area (Å²) in [5, 5.41) is 11.6. The van der Waals surface area contributed by atoms with Crippen LogP contribution in [0.25, 0.3) is 22.2 Å². The summed E-state index contributed by atoms with van der Waals surface area (Å²) in [6, 6.07) is 11.5. The number of hydrogen-bond acceptors (Lipinski definition) is 6. The van der Waals surface area contributed by atoms with Gasteiger partial charge in [-0.15, -0.1) is 0 Å². The largest absolute Gasteiger partial charge is 0.493 e. The van der Waals surface area contributed by atoms with Crippen LogP contribution in [0.15, 0.2) is 45.6 Å². The fraction of sp³-hybridized carbons (Fsp3) is 0.355. The molecular weight excluding hydrogens is 546 g/mol. The first kappa shape index (κ1) is 28.7. The lowest BCUT2D eigenvalue weighted by molar-refractivity contribution is 0.275. The zero-order valence-electron chi connectivity index (χ0n) is 23.8. The molecule has 6 nitrogen and oxygen atoms in total. The van der Waals surface area contributed by atoms with Crippen LogP contribution in [-0.2, 0) is 11.3 Å². The molecule has 0 spiro atoms. The molecule has 0 unspecified atom stereocenters. The molecule has 0 bridgehead atoms. The summed E-state index contributed by atoms with van der Waals surface area (Å²) in [6.45, 7) is 12.5. The van der Waals surface area contributed by atoms with Gasteiger partial charge in [0.1, 0.15) is 16.5 Å². The van der Waals surface area contributed by atoms with Gasteiger partial charge in [0, 0.05) is 52.1 Å². The van der Waals surface area contributed by atoms with Gasteiger partial charge in [-0.2, -0.15) is 0 Å². The Morgan fingerprint density at radius 3 is 2.50 bits per heavy atom. The van der Waals surface area contributed by atoms with Gasteiger partial charge in [0.15, 0.2) is 5.43 Å². The Balaban J connectivity index is 1.59. The number of rotatable bonds is 6. The molecule has 40 heavy (non-hydrogen) atoms. The van der Waals surface area contributed by atoms with Gasteiger partial charge in [0.05, 0.1) is 23.4 Å². The Labute approximate surface area is 245 Å². The lowest BCUT2D eigenvalue weighted by atomic mass is 9.79. The van der Waals surface area contributed by atoms with Crippen molar-refractivity contribution in [3.05, 3.63) is 84.8 Å². The summed E-state index contributed by atoms with van der Waals surface area (Å²) in [4.78, 5) is 20.2. The quantitative estimate of drug-likeness (QED) is 0.201. The lowest BCUT2D eigenvalue weighted by Gasteiger charge is -2.33. The number of pyridine rings is 1. The Hall–Kier alpha value is -2.84. The number of fused-ring (bicyclic) bond motifs is 2. The normalized spacial score (nSPS) is 14.6. The molecule has 5 rings (SSSR count).